The molecule has 3 rings (SSSR count). The van der Waals surface area contributed by atoms with E-state index in [9.17, 15) is 18.3 Å². The van der Waals surface area contributed by atoms with Gasteiger partial charge in [-0.1, -0.05) is 36.4 Å². The molecule has 2 N–H and O–H groups in total. The maximum Gasteiger partial charge on any atom is 0.412 e. The van der Waals surface area contributed by atoms with E-state index in [1.54, 1.807) is 19.9 Å². The van der Waals surface area contributed by atoms with Gasteiger partial charge in [-0.2, -0.15) is 8.42 Å². The molecule has 0 bridgehead atoms. The van der Waals surface area contributed by atoms with Gasteiger partial charge >= 0.3 is 6.09 Å². The third-order valence-corrected chi connectivity index (χ3v) is 6.00. The van der Waals surface area contributed by atoms with Gasteiger partial charge in [-0.25, -0.2) is 4.79 Å². The Balaban J connectivity index is 1.60. The number of hydrogen-bond acceptors (Lipinski definition) is 7. The summed E-state index contributed by atoms with van der Waals surface area (Å²) in [5.74, 6) is 0. The molecule has 170 valence electrons. The molecule has 3 atom stereocenters. The van der Waals surface area contributed by atoms with Gasteiger partial charge in [0.2, 0.25) is 0 Å². The van der Waals surface area contributed by atoms with Crippen LogP contribution in [0.15, 0.2) is 42.5 Å². The van der Waals surface area contributed by atoms with Crippen LogP contribution in [0.1, 0.15) is 33.6 Å². The van der Waals surface area contributed by atoms with Crippen LogP contribution in [0.3, 0.4) is 0 Å². The van der Waals surface area contributed by atoms with Gasteiger partial charge in [-0.15, -0.1) is 0 Å². The highest BCUT2D eigenvalue weighted by molar-refractivity contribution is 7.85. The van der Waals surface area contributed by atoms with Crippen molar-refractivity contribution >= 4 is 32.7 Å². The molecule has 31 heavy (non-hydrogen) atoms. The van der Waals surface area contributed by atoms with Crippen molar-refractivity contribution in [2.45, 2.75) is 57.0 Å². The second-order valence-corrected chi connectivity index (χ2v) is 10.3. The predicted octanol–water partition coefficient (Wildman–Crippen LogP) is 3.44. The largest absolute Gasteiger partial charge is 0.443 e. The zero-order valence-electron chi connectivity index (χ0n) is 18.1. The van der Waals surface area contributed by atoms with E-state index in [1.807, 2.05) is 43.3 Å². The first-order valence-corrected chi connectivity index (χ1v) is 11.9. The van der Waals surface area contributed by atoms with Gasteiger partial charge in [0.1, 0.15) is 12.2 Å². The first-order valence-electron chi connectivity index (χ1n) is 10.1. The Morgan fingerprint density at radius 3 is 2.61 bits per heavy atom. The number of fused-ring (bicyclic) bond motifs is 1. The number of carbonyl (C=O) groups is 1. The van der Waals surface area contributed by atoms with E-state index in [-0.39, 0.29) is 12.7 Å². The normalized spacial score (nSPS) is 22.2. The summed E-state index contributed by atoms with van der Waals surface area (Å²) in [4.78, 5) is 12.6. The number of hydrogen-bond donors (Lipinski definition) is 2. The smallest absolute Gasteiger partial charge is 0.412 e. The number of carbonyl (C=O) groups excluding carboxylic acids is 1. The standard InChI is InChI=1S/C22H29NO7S/c1-21(2,25)18(12-13-22(3)19(30-22)14-28-31(4,26)27)29-20(24)23-17-11-7-9-15-8-5-6-10-16(15)17/h5-11,18-19,25H,12-14H2,1-4H3,(H,23,24)/t18?,19-,22-/m0/s1. The van der Waals surface area contributed by atoms with Crippen LogP contribution in [0, 0.1) is 0 Å². The fourth-order valence-electron chi connectivity index (χ4n) is 3.48. The van der Waals surface area contributed by atoms with Crippen LogP contribution in [-0.4, -0.2) is 55.9 Å². The molecule has 0 spiro atoms. The van der Waals surface area contributed by atoms with Crippen molar-refractivity contribution in [3.8, 4) is 0 Å². The molecule has 1 fully saturated rings. The Labute approximate surface area is 182 Å². The van der Waals surface area contributed by atoms with Crippen molar-refractivity contribution in [2.24, 2.45) is 0 Å². The van der Waals surface area contributed by atoms with Gasteiger partial charge in [-0.05, 0) is 45.1 Å². The van der Waals surface area contributed by atoms with Crippen molar-refractivity contribution < 1.29 is 32.0 Å². The number of nitrogens with one attached hydrogen (secondary N) is 1. The highest BCUT2D eigenvalue weighted by Gasteiger charge is 2.53. The molecule has 1 heterocycles. The van der Waals surface area contributed by atoms with Gasteiger partial charge in [0, 0.05) is 5.39 Å². The summed E-state index contributed by atoms with van der Waals surface area (Å²) in [6.45, 7) is 4.91. The minimum atomic E-state index is -3.54. The molecule has 1 amide bonds. The zero-order valence-corrected chi connectivity index (χ0v) is 18.9. The number of aliphatic hydroxyl groups is 1. The Kier molecular flexibility index (Phi) is 6.61. The lowest BCUT2D eigenvalue weighted by Gasteiger charge is -2.29. The monoisotopic (exact) mass is 451 g/mol. The number of benzene rings is 2. The second-order valence-electron chi connectivity index (χ2n) is 8.65. The molecule has 2 aromatic rings. The molecule has 0 saturated carbocycles. The summed E-state index contributed by atoms with van der Waals surface area (Å²) in [7, 11) is -3.54. The van der Waals surface area contributed by atoms with E-state index in [4.69, 9.17) is 13.7 Å². The van der Waals surface area contributed by atoms with E-state index < -0.39 is 33.5 Å². The Morgan fingerprint density at radius 1 is 1.26 bits per heavy atom. The molecule has 2 aromatic carbocycles. The van der Waals surface area contributed by atoms with Crippen LogP contribution in [0.2, 0.25) is 0 Å². The van der Waals surface area contributed by atoms with Crippen molar-refractivity contribution in [3.63, 3.8) is 0 Å². The lowest BCUT2D eigenvalue weighted by molar-refractivity contribution is -0.0577. The first kappa shape index (κ1) is 23.5. The predicted molar refractivity (Wildman–Crippen MR) is 117 cm³/mol. The van der Waals surface area contributed by atoms with E-state index in [1.165, 1.54) is 0 Å². The van der Waals surface area contributed by atoms with Crippen LogP contribution in [0.5, 0.6) is 0 Å². The summed E-state index contributed by atoms with van der Waals surface area (Å²) >= 11 is 0. The average molecular weight is 452 g/mol. The number of ether oxygens (including phenoxy) is 2. The summed E-state index contributed by atoms with van der Waals surface area (Å²) < 4.78 is 38.2. The number of rotatable bonds is 9. The fourth-order valence-corrected chi connectivity index (χ4v) is 3.85. The maximum absolute atomic E-state index is 12.6. The molecule has 1 aliphatic heterocycles. The topological polar surface area (TPSA) is 114 Å². The molecule has 0 radical (unpaired) electrons. The molecule has 1 unspecified atom stereocenters. The van der Waals surface area contributed by atoms with Crippen LogP contribution < -0.4 is 5.32 Å². The fraction of sp³-hybridized carbons (Fsp3) is 0.500. The number of anilines is 1. The summed E-state index contributed by atoms with van der Waals surface area (Å²) in [5.41, 5.74) is -1.25. The van der Waals surface area contributed by atoms with Crippen molar-refractivity contribution in [1.29, 1.82) is 0 Å². The Hall–Kier alpha value is -2.20. The van der Waals surface area contributed by atoms with Crippen molar-refractivity contribution in [3.05, 3.63) is 42.5 Å². The quantitative estimate of drug-likeness (QED) is 0.443. The van der Waals surface area contributed by atoms with Crippen LogP contribution in [0.25, 0.3) is 10.8 Å². The van der Waals surface area contributed by atoms with Crippen LogP contribution in [-0.2, 0) is 23.8 Å². The third-order valence-electron chi connectivity index (χ3n) is 5.44. The zero-order chi connectivity index (χ0) is 22.9. The van der Waals surface area contributed by atoms with Crippen molar-refractivity contribution in [1.82, 2.24) is 0 Å². The summed E-state index contributed by atoms with van der Waals surface area (Å²) in [6.07, 6.45) is -0.0462. The Bertz CT molecular complexity index is 1040. The SMILES string of the molecule is CC(C)(O)C(CC[C@]1(C)O[C@H]1COS(C)(=O)=O)OC(=O)Nc1cccc2ccccc12. The third kappa shape index (κ3) is 6.39. The van der Waals surface area contributed by atoms with E-state index in [0.717, 1.165) is 17.0 Å². The van der Waals surface area contributed by atoms with Gasteiger partial charge in [0.25, 0.3) is 10.1 Å². The molecular weight excluding hydrogens is 422 g/mol. The summed E-state index contributed by atoms with van der Waals surface area (Å²) in [5, 5.41) is 15.1. The number of epoxide rings is 1. The maximum atomic E-state index is 12.6. The Morgan fingerprint density at radius 2 is 1.94 bits per heavy atom. The molecule has 9 heteroatoms. The highest BCUT2D eigenvalue weighted by atomic mass is 32.2. The minimum Gasteiger partial charge on any atom is -0.443 e. The molecule has 0 aliphatic carbocycles. The molecule has 0 aromatic heterocycles. The first-order chi connectivity index (χ1) is 14.4. The van der Waals surface area contributed by atoms with Gasteiger partial charge in [0.15, 0.2) is 0 Å². The van der Waals surface area contributed by atoms with E-state index in [2.05, 4.69) is 5.32 Å². The molecule has 1 saturated heterocycles. The van der Waals surface area contributed by atoms with Crippen LogP contribution >= 0.6 is 0 Å². The molecule has 1 aliphatic rings. The minimum absolute atomic E-state index is 0.0645. The van der Waals surface area contributed by atoms with Gasteiger partial charge in [0.05, 0.1) is 29.8 Å². The van der Waals surface area contributed by atoms with Crippen LogP contribution in [0.4, 0.5) is 10.5 Å². The van der Waals surface area contributed by atoms with Crippen molar-refractivity contribution in [2.75, 3.05) is 18.2 Å². The van der Waals surface area contributed by atoms with Gasteiger partial charge in [-0.3, -0.25) is 9.50 Å². The number of amides is 1. The lowest BCUT2D eigenvalue weighted by atomic mass is 9.92. The molecule has 8 nitrogen and oxygen atoms in total. The average Bonchev–Trinajstić information content (AvgIpc) is 3.32. The van der Waals surface area contributed by atoms with Gasteiger partial charge < -0.3 is 14.6 Å². The second kappa shape index (κ2) is 8.74. The highest BCUT2D eigenvalue weighted by Crippen LogP contribution is 2.41. The molecular formula is C22H29NO7S. The van der Waals surface area contributed by atoms with E-state index >= 15 is 0 Å². The van der Waals surface area contributed by atoms with E-state index in [0.29, 0.717) is 18.5 Å². The lowest BCUT2D eigenvalue weighted by Crippen LogP contribution is -2.41. The summed E-state index contributed by atoms with van der Waals surface area (Å²) in [6, 6.07) is 13.2.